The van der Waals surface area contributed by atoms with Gasteiger partial charge in [-0.05, 0) is 13.8 Å². The Morgan fingerprint density at radius 3 is 2.75 bits per heavy atom. The first-order valence-corrected chi connectivity index (χ1v) is 9.07. The van der Waals surface area contributed by atoms with Crippen LogP contribution in [0.25, 0.3) is 27.7 Å². The van der Waals surface area contributed by atoms with Crippen LogP contribution in [0, 0.1) is 0 Å². The molecule has 0 aliphatic rings. The van der Waals surface area contributed by atoms with Crippen LogP contribution in [-0.2, 0) is 17.3 Å². The number of rotatable bonds is 4. The van der Waals surface area contributed by atoms with E-state index in [-0.39, 0.29) is 5.16 Å². The van der Waals surface area contributed by atoms with Crippen molar-refractivity contribution < 1.29 is 8.95 Å². The molecule has 0 saturated carbocycles. The molecule has 0 amide bonds. The minimum atomic E-state index is -1.31. The van der Waals surface area contributed by atoms with Crippen molar-refractivity contribution >= 4 is 38.5 Å². The highest BCUT2D eigenvalue weighted by Crippen LogP contribution is 2.29. The fraction of sp³-hybridized carbons (Fsp3) is 0.357. The average Bonchev–Trinajstić information content (AvgIpc) is 3.18. The molecular weight excluding hydrogens is 330 g/mol. The lowest BCUT2D eigenvalue weighted by Crippen LogP contribution is -2.03. The van der Waals surface area contributed by atoms with E-state index in [9.17, 15) is 4.21 Å². The van der Waals surface area contributed by atoms with Gasteiger partial charge in [0.05, 0.1) is 39.9 Å². The Morgan fingerprint density at radius 2 is 2.04 bits per heavy atom. The number of pyridine rings is 1. The van der Waals surface area contributed by atoms with Crippen LogP contribution < -0.4 is 4.74 Å². The van der Waals surface area contributed by atoms with Crippen molar-refractivity contribution in [1.29, 1.82) is 0 Å². The highest BCUT2D eigenvalue weighted by atomic mass is 32.2. The van der Waals surface area contributed by atoms with Gasteiger partial charge in [-0.2, -0.15) is 19.6 Å². The van der Waals surface area contributed by atoms with E-state index in [1.165, 1.54) is 6.26 Å². The quantitative estimate of drug-likeness (QED) is 0.547. The van der Waals surface area contributed by atoms with Crippen molar-refractivity contribution in [2.75, 3.05) is 12.9 Å². The molecule has 0 aliphatic heterocycles. The smallest absolute Gasteiger partial charge is 0.257 e. The summed E-state index contributed by atoms with van der Waals surface area (Å²) in [5.41, 5.74) is 1.49. The monoisotopic (exact) mass is 345 g/mol. The van der Waals surface area contributed by atoms with E-state index < -0.39 is 10.8 Å². The first-order valence-electron chi connectivity index (χ1n) is 7.51. The molecular formula is C14H15N7O2S. The van der Waals surface area contributed by atoms with Gasteiger partial charge in [0.1, 0.15) is 0 Å². The van der Waals surface area contributed by atoms with Crippen LogP contribution >= 0.6 is 0 Å². The molecule has 0 aliphatic carbocycles. The lowest BCUT2D eigenvalue weighted by Gasteiger charge is -2.08. The van der Waals surface area contributed by atoms with Gasteiger partial charge in [-0.1, -0.05) is 0 Å². The number of aryl methyl sites for hydroxylation is 1. The molecule has 0 spiro atoms. The minimum absolute atomic E-state index is 0.227. The highest BCUT2D eigenvalue weighted by molar-refractivity contribution is 7.84. The van der Waals surface area contributed by atoms with E-state index in [1.54, 1.807) is 21.6 Å². The van der Waals surface area contributed by atoms with Crippen molar-refractivity contribution in [1.82, 2.24) is 34.3 Å². The zero-order valence-corrected chi connectivity index (χ0v) is 14.2. The molecule has 124 valence electrons. The fourth-order valence-corrected chi connectivity index (χ4v) is 3.06. The van der Waals surface area contributed by atoms with Crippen LogP contribution in [0.2, 0.25) is 0 Å². The second kappa shape index (κ2) is 5.48. The Morgan fingerprint density at radius 1 is 1.21 bits per heavy atom. The van der Waals surface area contributed by atoms with E-state index in [4.69, 9.17) is 4.74 Å². The summed E-state index contributed by atoms with van der Waals surface area (Å²) in [5.74, 6) is 0.771. The zero-order valence-electron chi connectivity index (χ0n) is 13.4. The van der Waals surface area contributed by atoms with Gasteiger partial charge in [0, 0.05) is 19.0 Å². The van der Waals surface area contributed by atoms with Gasteiger partial charge >= 0.3 is 0 Å². The van der Waals surface area contributed by atoms with Gasteiger partial charge in [0.25, 0.3) is 5.78 Å². The summed E-state index contributed by atoms with van der Waals surface area (Å²) >= 11 is 0. The van der Waals surface area contributed by atoms with Crippen LogP contribution in [0.15, 0.2) is 17.6 Å². The van der Waals surface area contributed by atoms with Crippen LogP contribution in [0.3, 0.4) is 0 Å². The number of ether oxygens (including phenoxy) is 1. The van der Waals surface area contributed by atoms with Crippen LogP contribution in [0.1, 0.15) is 13.8 Å². The largest absolute Gasteiger partial charge is 0.477 e. The molecule has 24 heavy (non-hydrogen) atoms. The first-order chi connectivity index (χ1) is 11.6. The maximum absolute atomic E-state index is 11.8. The number of nitrogens with zero attached hydrogens (tertiary/aromatic N) is 7. The second-order valence-corrected chi connectivity index (χ2v) is 6.40. The molecule has 0 bridgehead atoms. The highest BCUT2D eigenvalue weighted by Gasteiger charge is 2.19. The lowest BCUT2D eigenvalue weighted by molar-refractivity contribution is 0.331. The number of aromatic nitrogens is 7. The lowest BCUT2D eigenvalue weighted by atomic mass is 10.2. The Balaban J connectivity index is 2.20. The molecule has 1 atom stereocenters. The van der Waals surface area contributed by atoms with E-state index in [2.05, 4.69) is 25.1 Å². The van der Waals surface area contributed by atoms with Gasteiger partial charge in [0.2, 0.25) is 11.0 Å². The molecule has 0 saturated heterocycles. The third-order valence-corrected chi connectivity index (χ3v) is 4.38. The molecule has 0 fully saturated rings. The van der Waals surface area contributed by atoms with Gasteiger partial charge in [-0.15, -0.1) is 5.10 Å². The van der Waals surface area contributed by atoms with E-state index in [1.807, 2.05) is 13.8 Å². The maximum Gasteiger partial charge on any atom is 0.257 e. The Labute approximate surface area is 139 Å². The zero-order chi connectivity index (χ0) is 16.8. The summed E-state index contributed by atoms with van der Waals surface area (Å²) in [6.45, 7) is 5.05. The number of hydrogen-bond donors (Lipinski definition) is 0. The normalized spacial score (nSPS) is 13.1. The van der Waals surface area contributed by atoms with Gasteiger partial charge < -0.3 is 4.74 Å². The fourth-order valence-electron chi connectivity index (χ4n) is 2.66. The third-order valence-electron chi connectivity index (χ3n) is 3.69. The molecule has 9 nitrogen and oxygen atoms in total. The summed E-state index contributed by atoms with van der Waals surface area (Å²) in [7, 11) is -1.31. The van der Waals surface area contributed by atoms with Crippen LogP contribution in [0.5, 0.6) is 5.88 Å². The standard InChI is InChI=1S/C14H15N7O2S/c1-4-20-11-8(7-16-20)10-9(6-15-11)12(23-5-2)17-13-18-14(24(3)22)19-21(10)13/h6-7H,4-5H2,1-3H3. The summed E-state index contributed by atoms with van der Waals surface area (Å²) < 4.78 is 20.8. The second-order valence-electron chi connectivity index (χ2n) is 5.13. The number of hydrogen-bond acceptors (Lipinski definition) is 7. The summed E-state index contributed by atoms with van der Waals surface area (Å²) in [4.78, 5) is 13.1. The molecule has 1 unspecified atom stereocenters. The topological polar surface area (TPSA) is 100 Å². The van der Waals surface area contributed by atoms with Crippen LogP contribution in [0.4, 0.5) is 0 Å². The minimum Gasteiger partial charge on any atom is -0.477 e. The van der Waals surface area contributed by atoms with Gasteiger partial charge in [-0.3, -0.25) is 4.21 Å². The summed E-state index contributed by atoms with van der Waals surface area (Å²) in [6, 6.07) is 0. The first kappa shape index (κ1) is 14.9. The Hall–Kier alpha value is -2.62. The molecule has 4 aromatic heterocycles. The molecule has 0 radical (unpaired) electrons. The Bertz CT molecular complexity index is 1100. The van der Waals surface area contributed by atoms with Crippen molar-refractivity contribution in [3.8, 4) is 5.88 Å². The molecule has 4 rings (SSSR count). The molecule has 0 N–H and O–H groups in total. The molecule has 0 aromatic carbocycles. The average molecular weight is 345 g/mol. The summed E-state index contributed by atoms with van der Waals surface area (Å²) in [5, 5.41) is 10.5. The number of fused-ring (bicyclic) bond motifs is 5. The molecule has 4 heterocycles. The van der Waals surface area contributed by atoms with E-state index >= 15 is 0 Å². The molecule has 10 heteroatoms. The van der Waals surface area contributed by atoms with Crippen LogP contribution in [-0.4, -0.2) is 51.4 Å². The predicted octanol–water partition coefficient (Wildman–Crippen LogP) is 1.18. The van der Waals surface area contributed by atoms with Crippen molar-refractivity contribution in [3.63, 3.8) is 0 Å². The summed E-state index contributed by atoms with van der Waals surface area (Å²) in [6.07, 6.45) is 4.98. The van der Waals surface area contributed by atoms with Crippen molar-refractivity contribution in [3.05, 3.63) is 12.4 Å². The maximum atomic E-state index is 11.8. The van der Waals surface area contributed by atoms with E-state index in [0.717, 1.165) is 16.6 Å². The van der Waals surface area contributed by atoms with Gasteiger partial charge in [0.15, 0.2) is 5.65 Å². The SMILES string of the molecule is CCOc1nc2nc(S(C)=O)nn2c2c1cnc1c2cnn1CC. The molecule has 4 aromatic rings. The third kappa shape index (κ3) is 2.06. The van der Waals surface area contributed by atoms with Crippen molar-refractivity contribution in [2.24, 2.45) is 0 Å². The van der Waals surface area contributed by atoms with E-state index in [0.29, 0.717) is 30.2 Å². The predicted molar refractivity (Wildman–Crippen MR) is 88.5 cm³/mol. The van der Waals surface area contributed by atoms with Gasteiger partial charge in [-0.25, -0.2) is 9.67 Å². The Kier molecular flexibility index (Phi) is 3.41. The van der Waals surface area contributed by atoms with Crippen molar-refractivity contribution in [2.45, 2.75) is 25.5 Å².